The van der Waals surface area contributed by atoms with Crippen molar-refractivity contribution in [1.82, 2.24) is 0 Å². The molecule has 0 amide bonds. The van der Waals surface area contributed by atoms with Crippen LogP contribution in [-0.4, -0.2) is 94.1 Å². The van der Waals surface area contributed by atoms with E-state index < -0.39 is 47.8 Å². The van der Waals surface area contributed by atoms with Crippen LogP contribution in [0.25, 0.3) is 49.1 Å². The first-order valence-electron chi connectivity index (χ1n) is 42.7. The van der Waals surface area contributed by atoms with Crippen molar-refractivity contribution in [2.24, 2.45) is 5.41 Å². The number of ether oxygens (including phenoxy) is 5. The highest BCUT2D eigenvalue weighted by molar-refractivity contribution is 6.38. The Hall–Kier alpha value is -15.3. The largest absolute Gasteiger partial charge is 0.640 e. The second-order valence-electron chi connectivity index (χ2n) is 31.9. The first-order valence-corrected chi connectivity index (χ1v) is 42.7. The maximum Gasteiger partial charge on any atom is 0.640 e. The summed E-state index contributed by atoms with van der Waals surface area (Å²) in [5, 5.41) is 46.0. The van der Waals surface area contributed by atoms with Crippen LogP contribution in [0, 0.1) is 65.2 Å². The monoisotopic (exact) mass is 1830 g/mol. The quantitative estimate of drug-likeness (QED) is 0.0276. The van der Waals surface area contributed by atoms with Crippen molar-refractivity contribution in [2.45, 2.75) is 111 Å². The molecule has 0 N–H and O–H groups in total. The average molecular weight is 1830 g/mol. The van der Waals surface area contributed by atoms with Gasteiger partial charge in [-0.15, -0.1) is 0 Å². The molecule has 5 aliphatic heterocycles. The van der Waals surface area contributed by atoms with Crippen molar-refractivity contribution >= 4 is 93.5 Å². The van der Waals surface area contributed by atoms with E-state index in [0.717, 1.165) is 24.8 Å². The molecule has 5 fully saturated rings. The zero-order chi connectivity index (χ0) is 96.1. The Morgan fingerprint density at radius 3 is 0.816 bits per heavy atom. The molecule has 16 rings (SSSR count). The van der Waals surface area contributed by atoms with Crippen molar-refractivity contribution in [3.63, 3.8) is 0 Å². The SMILES string of the molecule is [C-]#[N+]c1ccc(Oc2ccc([N+]#N)c(COB3OC(C)(C)C(C)(C)O3)c2)cc1.[C-]#[N+]c1ccc(Oc2ccc([N+]#N)c(COB3OCC(C)(C)CO3)c2)cc1.[C-]#[N+]c1ccc(Oc2ccc([N+]#N)c(COB3OCC(c4ccccc4)O3)c2)cc1.[C-]#[N+]c1ccc(Oc2ccc([N+]#N)c(COB3OCCCCO3)c2)cc1.[C-]#[N+]c1ccc(Oc2ccc([N+]#N)c(COB3OCCCO3)c2)cc1. The Labute approximate surface area is 788 Å². The van der Waals surface area contributed by atoms with E-state index in [2.05, 4.69) is 63.0 Å². The fourth-order valence-electron chi connectivity index (χ4n) is 12.8. The summed E-state index contributed by atoms with van der Waals surface area (Å²) in [6.07, 6.45) is 2.53. The molecule has 0 radical (unpaired) electrons. The lowest BCUT2D eigenvalue weighted by molar-refractivity contribution is -0.0213. The van der Waals surface area contributed by atoms with E-state index in [9.17, 15) is 21.6 Å². The molecule has 0 spiro atoms. The topological polar surface area (TPSA) is 347 Å². The zero-order valence-corrected chi connectivity index (χ0v) is 75.0. The van der Waals surface area contributed by atoms with Crippen LogP contribution in [-0.2, 0) is 103 Å². The molecule has 11 aromatic carbocycles. The first kappa shape index (κ1) is 99.7. The van der Waals surface area contributed by atoms with Gasteiger partial charge < -0.3 is 93.5 Å². The zero-order valence-electron chi connectivity index (χ0n) is 75.0. The minimum absolute atomic E-state index is 0.0397. The second kappa shape index (κ2) is 50.0. The molecular formula is C96H89B5N15O20+5. The van der Waals surface area contributed by atoms with Gasteiger partial charge in [0.2, 0.25) is 27.0 Å². The normalized spacial score (nSPS) is 15.2. The van der Waals surface area contributed by atoms with E-state index in [4.69, 9.17) is 132 Å². The van der Waals surface area contributed by atoms with E-state index in [1.54, 1.807) is 212 Å². The van der Waals surface area contributed by atoms with Gasteiger partial charge in [-0.05, 0) is 174 Å². The molecule has 136 heavy (non-hydrogen) atoms. The Kier molecular flexibility index (Phi) is 36.6. The van der Waals surface area contributed by atoms with Gasteiger partial charge in [-0.25, -0.2) is 24.2 Å². The molecule has 11 aromatic rings. The summed E-state index contributed by atoms with van der Waals surface area (Å²) in [6, 6.07) is 69.1. The minimum atomic E-state index is -0.817. The summed E-state index contributed by atoms with van der Waals surface area (Å²) < 4.78 is 113. The summed E-state index contributed by atoms with van der Waals surface area (Å²) in [5.74, 6) is 5.78. The summed E-state index contributed by atoms with van der Waals surface area (Å²) in [7, 11) is -3.83. The molecule has 0 aliphatic carbocycles. The Morgan fingerprint density at radius 1 is 0.294 bits per heavy atom. The van der Waals surface area contributed by atoms with Crippen LogP contribution in [0.2, 0.25) is 0 Å². The summed E-state index contributed by atoms with van der Waals surface area (Å²) in [5.41, 5.74) is 7.71. The van der Waals surface area contributed by atoms with Crippen LogP contribution in [0.3, 0.4) is 0 Å². The van der Waals surface area contributed by atoms with Gasteiger partial charge in [-0.1, -0.05) is 105 Å². The highest BCUT2D eigenvalue weighted by Gasteiger charge is 2.53. The minimum Gasteiger partial charge on any atom is -0.457 e. The van der Waals surface area contributed by atoms with E-state index >= 15 is 0 Å². The van der Waals surface area contributed by atoms with Gasteiger partial charge in [0.25, 0.3) is 0 Å². The fourth-order valence-corrected chi connectivity index (χ4v) is 12.8. The number of diazo groups is 5. The van der Waals surface area contributed by atoms with Crippen molar-refractivity contribution in [3.8, 4) is 57.5 Å². The molecule has 5 heterocycles. The standard InChI is InChI=1S/C22H17BN3O4.C20H21BN3O4.C19H19BN3O4.C18H17BN3O4.C17H15BN3O4/c1-25-18-7-9-19(10-8-18)29-20-11-12-21(26-24)17(13-20)14-27-23-28-15-22(30-23)16-5-3-2-4-6-16;1-19(2)20(3,4)28-21(27-19)25-13-14-12-17(10-11-18(14)24-22)26-16-8-6-15(23-5)7-9-16;1-19(2)12-25-20(26-13-19)24-11-14-10-17(8-9-18(14)23-21)27-16-6-4-15(22-3)5-7-16;1-21-15-4-6-16(7-5-15)26-17-8-9-18(22-20)14(12-17)13-25-19-23-10-2-3-11-24-19;1-20-14-3-5-15(6-4-14)25-16-7-8-17(21-19)13(11-16)12-24-18-22-9-2-10-23-18/h2-13,22H,14-15H2;6-12H,13H2,1-4H3;4-10H,11-13H2,1-2H3;4-9,12H,2-3,10-11,13H2;3-8,11H,2,9-10,12H2/q5*+1. The van der Waals surface area contributed by atoms with Gasteiger partial charge in [0.15, 0.2) is 53.3 Å². The first-order chi connectivity index (χ1) is 66.0. The van der Waals surface area contributed by atoms with Crippen molar-refractivity contribution < 1.29 is 93.5 Å². The fraction of sp³-hybridized carbons (Fsp3) is 0.260. The molecule has 40 heteroatoms. The molecule has 35 nitrogen and oxygen atoms in total. The highest BCUT2D eigenvalue weighted by Crippen LogP contribution is 2.41. The molecule has 1 unspecified atom stereocenters. The number of hydrogen-bond donors (Lipinski definition) is 0. The lowest BCUT2D eigenvalue weighted by atomic mass is 9.90. The van der Waals surface area contributed by atoms with Crippen molar-refractivity contribution in [2.75, 3.05) is 46.2 Å². The van der Waals surface area contributed by atoms with E-state index in [0.29, 0.717) is 188 Å². The van der Waals surface area contributed by atoms with Crippen LogP contribution in [0.1, 0.15) is 100 Å². The molecule has 0 aromatic heterocycles. The molecule has 0 bridgehead atoms. The number of benzene rings is 11. The van der Waals surface area contributed by atoms with Gasteiger partial charge in [0.05, 0.1) is 118 Å². The maximum atomic E-state index is 9.28. The lowest BCUT2D eigenvalue weighted by Crippen LogP contribution is -2.42. The van der Waals surface area contributed by atoms with Gasteiger partial charge in [0, 0.05) is 75.4 Å². The average Bonchev–Trinajstić information content (AvgIpc) is 1.63. The Bertz CT molecular complexity index is 6300. The van der Waals surface area contributed by atoms with Crippen LogP contribution in [0.5, 0.6) is 57.5 Å². The van der Waals surface area contributed by atoms with E-state index in [1.165, 1.54) is 0 Å². The summed E-state index contributed by atoms with van der Waals surface area (Å²) >= 11 is 0. The maximum absolute atomic E-state index is 9.28. The molecule has 1 atom stereocenters. The number of hydrogen-bond acceptors (Lipinski definition) is 25. The van der Waals surface area contributed by atoms with Crippen LogP contribution in [0.15, 0.2) is 243 Å². The number of rotatable bonds is 26. The predicted molar refractivity (Wildman–Crippen MR) is 502 cm³/mol. The van der Waals surface area contributed by atoms with E-state index in [1.807, 2.05) is 58.0 Å². The highest BCUT2D eigenvalue weighted by atomic mass is 16.8. The molecular weight excluding hydrogens is 1740 g/mol. The molecule has 5 aliphatic rings. The summed E-state index contributed by atoms with van der Waals surface area (Å²) in [6.45, 7) is 51.3. The molecule has 678 valence electrons. The van der Waals surface area contributed by atoms with Crippen molar-refractivity contribution in [1.29, 1.82) is 27.0 Å². The third-order valence-electron chi connectivity index (χ3n) is 20.8. The van der Waals surface area contributed by atoms with Gasteiger partial charge in [-0.3, -0.25) is 0 Å². The predicted octanol–water partition coefficient (Wildman–Crippen LogP) is 25.8. The third-order valence-corrected chi connectivity index (χ3v) is 20.8. The Balaban J connectivity index is 0.000000153. The van der Waals surface area contributed by atoms with Crippen LogP contribution < -0.4 is 23.7 Å². The van der Waals surface area contributed by atoms with E-state index in [-0.39, 0.29) is 44.6 Å². The summed E-state index contributed by atoms with van der Waals surface area (Å²) in [4.78, 5) is 33.1. The number of nitrogens with zero attached hydrogens (tertiary/aromatic N) is 15. The molecule has 0 saturated carbocycles. The smallest absolute Gasteiger partial charge is 0.457 e. The van der Waals surface area contributed by atoms with Crippen LogP contribution >= 0.6 is 0 Å². The van der Waals surface area contributed by atoms with Gasteiger partial charge in [-0.2, -0.15) is 0 Å². The van der Waals surface area contributed by atoms with Crippen LogP contribution in [0.4, 0.5) is 56.9 Å². The van der Waals surface area contributed by atoms with Gasteiger partial charge >= 0.3 is 65.0 Å². The molecule has 5 saturated heterocycles. The Morgan fingerprint density at radius 2 is 0.544 bits per heavy atom. The van der Waals surface area contributed by atoms with Gasteiger partial charge in [0.1, 0.15) is 57.5 Å². The van der Waals surface area contributed by atoms with Crippen molar-refractivity contribution in [3.05, 3.63) is 358 Å². The third kappa shape index (κ3) is 30.1. The second-order valence-corrected chi connectivity index (χ2v) is 31.9. The lowest BCUT2D eigenvalue weighted by Gasteiger charge is -2.31.